The Morgan fingerprint density at radius 2 is 1.93 bits per heavy atom. The third-order valence-electron chi connectivity index (χ3n) is 1.74. The first-order valence-corrected chi connectivity index (χ1v) is 4.27. The molecule has 15 heavy (non-hydrogen) atoms. The van der Waals surface area contributed by atoms with Gasteiger partial charge in [0.05, 0.1) is 13.5 Å². The molecule has 0 radical (unpaired) electrons. The lowest BCUT2D eigenvalue weighted by atomic mass is 10.1. The molecule has 2 N–H and O–H groups in total. The summed E-state index contributed by atoms with van der Waals surface area (Å²) in [6.07, 6.45) is -0.584. The van der Waals surface area contributed by atoms with Crippen molar-refractivity contribution in [3.05, 3.63) is 29.8 Å². The number of carboxylic acid groups (broad SMARTS) is 1. The zero-order valence-electron chi connectivity index (χ0n) is 8.19. The number of rotatable bonds is 3. The van der Waals surface area contributed by atoms with Gasteiger partial charge in [-0.05, 0) is 17.7 Å². The Morgan fingerprint density at radius 1 is 1.33 bits per heavy atom. The highest BCUT2D eigenvalue weighted by Gasteiger charge is 2.02. The van der Waals surface area contributed by atoms with Crippen molar-refractivity contribution in [2.24, 2.45) is 0 Å². The second kappa shape index (κ2) is 4.99. The molecule has 0 heterocycles. The number of carbonyl (C=O) groups is 2. The second-order valence-corrected chi connectivity index (χ2v) is 2.88. The van der Waals surface area contributed by atoms with Crippen molar-refractivity contribution in [1.82, 2.24) is 0 Å². The van der Waals surface area contributed by atoms with Crippen LogP contribution in [-0.2, 0) is 16.0 Å². The van der Waals surface area contributed by atoms with E-state index < -0.39 is 12.1 Å². The SMILES string of the molecule is COC(=O)Nc1ccc(CC(=O)O)cc1. The van der Waals surface area contributed by atoms with Gasteiger partial charge in [0, 0.05) is 5.69 Å². The maximum Gasteiger partial charge on any atom is 0.411 e. The van der Waals surface area contributed by atoms with Crippen LogP contribution in [0.25, 0.3) is 0 Å². The summed E-state index contributed by atoms with van der Waals surface area (Å²) in [5, 5.41) is 11.0. The number of benzene rings is 1. The van der Waals surface area contributed by atoms with Crippen molar-refractivity contribution in [1.29, 1.82) is 0 Å². The van der Waals surface area contributed by atoms with E-state index in [0.29, 0.717) is 11.3 Å². The van der Waals surface area contributed by atoms with Crippen molar-refractivity contribution in [2.45, 2.75) is 6.42 Å². The molecule has 1 amide bonds. The smallest absolute Gasteiger partial charge is 0.411 e. The molecular weight excluding hydrogens is 198 g/mol. The van der Waals surface area contributed by atoms with Crippen LogP contribution in [0, 0.1) is 0 Å². The molecule has 1 aromatic rings. The Hall–Kier alpha value is -2.04. The van der Waals surface area contributed by atoms with Crippen molar-refractivity contribution < 1.29 is 19.4 Å². The Bertz CT molecular complexity index is 358. The van der Waals surface area contributed by atoms with Crippen LogP contribution in [-0.4, -0.2) is 24.3 Å². The predicted octanol–water partition coefficient (Wildman–Crippen LogP) is 1.49. The summed E-state index contributed by atoms with van der Waals surface area (Å²) in [5.74, 6) is -0.885. The molecule has 0 aliphatic rings. The summed E-state index contributed by atoms with van der Waals surface area (Å²) in [6.45, 7) is 0. The zero-order chi connectivity index (χ0) is 11.3. The molecular formula is C10H11NO4. The van der Waals surface area contributed by atoms with Crippen LogP contribution in [0.1, 0.15) is 5.56 Å². The highest BCUT2D eigenvalue weighted by atomic mass is 16.5. The van der Waals surface area contributed by atoms with Crippen LogP contribution in [0.5, 0.6) is 0 Å². The lowest BCUT2D eigenvalue weighted by molar-refractivity contribution is -0.136. The van der Waals surface area contributed by atoms with Crippen molar-refractivity contribution >= 4 is 17.7 Å². The molecule has 0 aromatic heterocycles. The Kier molecular flexibility index (Phi) is 3.68. The molecule has 0 bridgehead atoms. The number of carboxylic acids is 1. The van der Waals surface area contributed by atoms with Gasteiger partial charge in [-0.25, -0.2) is 4.79 Å². The van der Waals surface area contributed by atoms with Gasteiger partial charge in [0.1, 0.15) is 0 Å². The number of anilines is 1. The molecule has 1 aromatic carbocycles. The summed E-state index contributed by atoms with van der Waals surface area (Å²) in [5.41, 5.74) is 1.24. The first kappa shape index (κ1) is 11.0. The molecule has 80 valence electrons. The highest BCUT2D eigenvalue weighted by molar-refractivity contribution is 5.84. The van der Waals surface area contributed by atoms with Crippen LogP contribution < -0.4 is 5.32 Å². The molecule has 1 rings (SSSR count). The van der Waals surface area contributed by atoms with Crippen LogP contribution in [0.3, 0.4) is 0 Å². The number of aliphatic carboxylic acids is 1. The van der Waals surface area contributed by atoms with Crippen LogP contribution in [0.4, 0.5) is 10.5 Å². The molecule has 0 aliphatic heterocycles. The van der Waals surface area contributed by atoms with E-state index in [-0.39, 0.29) is 6.42 Å². The van der Waals surface area contributed by atoms with Crippen LogP contribution in [0.2, 0.25) is 0 Å². The van der Waals surface area contributed by atoms with Gasteiger partial charge in [-0.1, -0.05) is 12.1 Å². The van der Waals surface area contributed by atoms with E-state index in [1.807, 2.05) is 0 Å². The van der Waals surface area contributed by atoms with Crippen molar-refractivity contribution in [3.8, 4) is 0 Å². The summed E-state index contributed by atoms with van der Waals surface area (Å²) >= 11 is 0. The minimum atomic E-state index is -0.885. The van der Waals surface area contributed by atoms with E-state index in [1.165, 1.54) is 7.11 Å². The van der Waals surface area contributed by atoms with Gasteiger partial charge in [-0.15, -0.1) is 0 Å². The Labute approximate surface area is 86.7 Å². The average Bonchev–Trinajstić information content (AvgIpc) is 2.20. The summed E-state index contributed by atoms with van der Waals surface area (Å²) in [7, 11) is 1.27. The predicted molar refractivity (Wildman–Crippen MR) is 53.8 cm³/mol. The molecule has 5 nitrogen and oxygen atoms in total. The fourth-order valence-corrected chi connectivity index (χ4v) is 1.05. The Balaban J connectivity index is 2.64. The molecule has 0 saturated heterocycles. The normalized spacial score (nSPS) is 9.40. The minimum absolute atomic E-state index is 0.0293. The van der Waals surface area contributed by atoms with Gasteiger partial charge < -0.3 is 9.84 Å². The van der Waals surface area contributed by atoms with Gasteiger partial charge in [-0.3, -0.25) is 10.1 Å². The maximum atomic E-state index is 10.8. The van der Waals surface area contributed by atoms with E-state index in [0.717, 1.165) is 0 Å². The van der Waals surface area contributed by atoms with E-state index in [1.54, 1.807) is 24.3 Å². The average molecular weight is 209 g/mol. The summed E-state index contributed by atoms with van der Waals surface area (Å²) < 4.78 is 4.40. The van der Waals surface area contributed by atoms with E-state index in [9.17, 15) is 9.59 Å². The summed E-state index contributed by atoms with van der Waals surface area (Å²) in [4.78, 5) is 21.2. The van der Waals surface area contributed by atoms with Gasteiger partial charge >= 0.3 is 12.1 Å². The van der Waals surface area contributed by atoms with Gasteiger partial charge in [0.2, 0.25) is 0 Å². The molecule has 0 unspecified atom stereocenters. The number of hydrogen-bond acceptors (Lipinski definition) is 3. The number of nitrogens with one attached hydrogen (secondary N) is 1. The molecule has 0 saturated carbocycles. The highest BCUT2D eigenvalue weighted by Crippen LogP contribution is 2.10. The number of amides is 1. The van der Waals surface area contributed by atoms with E-state index >= 15 is 0 Å². The maximum absolute atomic E-state index is 10.8. The first-order valence-electron chi connectivity index (χ1n) is 4.27. The number of carbonyl (C=O) groups excluding carboxylic acids is 1. The molecule has 5 heteroatoms. The third kappa shape index (κ3) is 3.68. The van der Waals surface area contributed by atoms with Gasteiger partial charge in [-0.2, -0.15) is 0 Å². The first-order chi connectivity index (χ1) is 7.11. The number of ether oxygens (including phenoxy) is 1. The van der Waals surface area contributed by atoms with Crippen LogP contribution >= 0.6 is 0 Å². The number of hydrogen-bond donors (Lipinski definition) is 2. The molecule has 0 fully saturated rings. The van der Waals surface area contributed by atoms with Crippen LogP contribution in [0.15, 0.2) is 24.3 Å². The van der Waals surface area contributed by atoms with E-state index in [2.05, 4.69) is 10.1 Å². The third-order valence-corrected chi connectivity index (χ3v) is 1.74. The van der Waals surface area contributed by atoms with Crippen molar-refractivity contribution in [3.63, 3.8) is 0 Å². The largest absolute Gasteiger partial charge is 0.481 e. The topological polar surface area (TPSA) is 75.6 Å². The molecule has 0 aliphatic carbocycles. The standard InChI is InChI=1S/C10H11NO4/c1-15-10(14)11-8-4-2-7(3-5-8)6-9(12)13/h2-5H,6H2,1H3,(H,11,14)(H,12,13). The fraction of sp³-hybridized carbons (Fsp3) is 0.200. The molecule has 0 atom stereocenters. The van der Waals surface area contributed by atoms with Crippen molar-refractivity contribution in [2.75, 3.05) is 12.4 Å². The lowest BCUT2D eigenvalue weighted by Crippen LogP contribution is -2.10. The fourth-order valence-electron chi connectivity index (χ4n) is 1.05. The lowest BCUT2D eigenvalue weighted by Gasteiger charge is -2.03. The number of methoxy groups -OCH3 is 1. The van der Waals surface area contributed by atoms with E-state index in [4.69, 9.17) is 5.11 Å². The zero-order valence-corrected chi connectivity index (χ0v) is 8.19. The monoisotopic (exact) mass is 209 g/mol. The minimum Gasteiger partial charge on any atom is -0.481 e. The van der Waals surface area contributed by atoms with Gasteiger partial charge in [0.25, 0.3) is 0 Å². The Morgan fingerprint density at radius 3 is 2.40 bits per heavy atom. The van der Waals surface area contributed by atoms with Gasteiger partial charge in [0.15, 0.2) is 0 Å². The summed E-state index contributed by atoms with van der Waals surface area (Å²) in [6, 6.07) is 6.52. The molecule has 0 spiro atoms. The quantitative estimate of drug-likeness (QED) is 0.790. The second-order valence-electron chi connectivity index (χ2n) is 2.88.